The quantitative estimate of drug-likeness (QED) is 0.435. The van der Waals surface area contributed by atoms with Crippen LogP contribution < -0.4 is 5.32 Å². The van der Waals surface area contributed by atoms with Crippen LogP contribution >= 0.6 is 11.6 Å². The molecule has 0 aliphatic carbocycles. The molecule has 0 saturated carbocycles. The highest BCUT2D eigenvalue weighted by atomic mass is 35.5. The van der Waals surface area contributed by atoms with Crippen molar-refractivity contribution in [3.63, 3.8) is 0 Å². The highest BCUT2D eigenvalue weighted by Crippen LogP contribution is 2.34. The molecule has 154 valence electrons. The number of aliphatic hydroxyl groups excluding tert-OH is 1. The number of fused-ring (bicyclic) bond motifs is 1. The Balaban J connectivity index is 1.59. The summed E-state index contributed by atoms with van der Waals surface area (Å²) in [7, 11) is 0. The lowest BCUT2D eigenvalue weighted by Crippen LogP contribution is -2.30. The third-order valence-corrected chi connectivity index (χ3v) is 5.28. The molecule has 1 atom stereocenters. The first kappa shape index (κ1) is 19.0. The summed E-state index contributed by atoms with van der Waals surface area (Å²) in [6.07, 6.45) is 6.66. The van der Waals surface area contributed by atoms with Crippen LogP contribution in [0.2, 0.25) is 5.02 Å². The van der Waals surface area contributed by atoms with E-state index in [1.54, 1.807) is 25.5 Å². The number of rotatable bonds is 6. The van der Waals surface area contributed by atoms with Crippen molar-refractivity contribution in [3.05, 3.63) is 41.9 Å². The molecule has 5 heterocycles. The summed E-state index contributed by atoms with van der Waals surface area (Å²) in [4.78, 5) is 16.4. The normalized spacial score (nSPS) is 15.3. The summed E-state index contributed by atoms with van der Waals surface area (Å²) >= 11 is 6.29. The van der Waals surface area contributed by atoms with E-state index in [1.807, 2.05) is 23.0 Å². The minimum atomic E-state index is -0.502. The second kappa shape index (κ2) is 7.67. The Morgan fingerprint density at radius 2 is 2.27 bits per heavy atom. The predicted molar refractivity (Wildman–Crippen MR) is 113 cm³/mol. The maximum absolute atomic E-state index is 9.52. The Kier molecular flexibility index (Phi) is 4.86. The highest BCUT2D eigenvalue weighted by Gasteiger charge is 2.25. The first-order valence-electron chi connectivity index (χ1n) is 9.64. The second-order valence-corrected chi connectivity index (χ2v) is 7.72. The van der Waals surface area contributed by atoms with Gasteiger partial charge < -0.3 is 20.1 Å². The summed E-state index contributed by atoms with van der Waals surface area (Å²) in [6.45, 7) is 3.33. The molecule has 3 N–H and O–H groups in total. The minimum Gasteiger partial charge on any atom is -0.392 e. The lowest BCUT2D eigenvalue weighted by molar-refractivity contribution is -0.0285. The van der Waals surface area contributed by atoms with E-state index in [4.69, 9.17) is 21.4 Å². The Morgan fingerprint density at radius 1 is 1.40 bits per heavy atom. The van der Waals surface area contributed by atoms with Crippen LogP contribution in [-0.4, -0.2) is 60.7 Å². The van der Waals surface area contributed by atoms with Crippen LogP contribution in [-0.2, 0) is 4.74 Å². The van der Waals surface area contributed by atoms with Gasteiger partial charge in [0.1, 0.15) is 11.3 Å². The first-order valence-corrected chi connectivity index (χ1v) is 10.0. The van der Waals surface area contributed by atoms with Crippen molar-refractivity contribution < 1.29 is 9.84 Å². The number of anilines is 1. The average Bonchev–Trinajstić information content (AvgIpc) is 3.29. The van der Waals surface area contributed by atoms with E-state index in [0.717, 1.165) is 33.5 Å². The Morgan fingerprint density at radius 3 is 3.03 bits per heavy atom. The maximum Gasteiger partial charge on any atom is 0.223 e. The van der Waals surface area contributed by atoms with Crippen LogP contribution in [0.3, 0.4) is 0 Å². The molecule has 4 aromatic heterocycles. The molecule has 0 spiro atoms. The summed E-state index contributed by atoms with van der Waals surface area (Å²) in [6, 6.07) is 4.01. The zero-order chi connectivity index (χ0) is 20.7. The van der Waals surface area contributed by atoms with E-state index in [2.05, 4.69) is 25.3 Å². The molecule has 1 aliphatic rings. The van der Waals surface area contributed by atoms with Crippen LogP contribution in [0.15, 0.2) is 36.9 Å². The molecule has 0 aromatic carbocycles. The second-order valence-electron chi connectivity index (χ2n) is 7.31. The molecule has 30 heavy (non-hydrogen) atoms. The summed E-state index contributed by atoms with van der Waals surface area (Å²) in [5.41, 5.74) is 3.91. The molecule has 0 bridgehead atoms. The molecular formula is C20H20ClN7O2. The molecule has 10 heteroatoms. The van der Waals surface area contributed by atoms with E-state index < -0.39 is 6.10 Å². The van der Waals surface area contributed by atoms with Crippen molar-refractivity contribution in [3.8, 4) is 22.5 Å². The van der Waals surface area contributed by atoms with E-state index in [-0.39, 0.29) is 6.04 Å². The molecule has 0 amide bonds. The SMILES string of the molecule is C[C@H](O)CNc1nccc(-c2cn(C3COC3)nc2-c2cnc3[nH]cc(Cl)c3c2)n1. The fourth-order valence-electron chi connectivity index (χ4n) is 3.29. The van der Waals surface area contributed by atoms with Crippen molar-refractivity contribution in [2.45, 2.75) is 19.1 Å². The fourth-order valence-corrected chi connectivity index (χ4v) is 3.49. The smallest absolute Gasteiger partial charge is 0.223 e. The van der Waals surface area contributed by atoms with Crippen LogP contribution in [0, 0.1) is 0 Å². The molecule has 5 rings (SSSR count). The standard InChI is InChI=1S/C20H20ClN7O2/c1-11(29)5-25-20-22-3-2-17(26-20)15-8-28(13-9-30-10-13)27-18(15)12-4-14-16(21)7-24-19(14)23-6-12/h2-4,6-8,11,13,29H,5,9-10H2,1H3,(H,23,24)(H,22,25,26)/t11-/m0/s1. The van der Waals surface area contributed by atoms with Gasteiger partial charge in [0, 0.05) is 47.8 Å². The molecule has 1 fully saturated rings. The van der Waals surface area contributed by atoms with Crippen molar-refractivity contribution in [2.24, 2.45) is 0 Å². The number of H-pyrrole nitrogens is 1. The fraction of sp³-hybridized carbons (Fsp3) is 0.300. The van der Waals surface area contributed by atoms with Gasteiger partial charge in [-0.2, -0.15) is 5.10 Å². The van der Waals surface area contributed by atoms with Crippen LogP contribution in [0.1, 0.15) is 13.0 Å². The molecule has 4 aromatic rings. The molecule has 0 radical (unpaired) electrons. The van der Waals surface area contributed by atoms with E-state index in [9.17, 15) is 5.11 Å². The zero-order valence-corrected chi connectivity index (χ0v) is 17.0. The summed E-state index contributed by atoms with van der Waals surface area (Å²) in [5, 5.41) is 18.8. The lowest BCUT2D eigenvalue weighted by atomic mass is 10.1. The van der Waals surface area contributed by atoms with E-state index in [0.29, 0.717) is 30.7 Å². The number of aromatic nitrogens is 6. The number of hydrogen-bond donors (Lipinski definition) is 3. The number of hydrogen-bond acceptors (Lipinski definition) is 7. The van der Waals surface area contributed by atoms with Crippen molar-refractivity contribution >= 4 is 28.6 Å². The van der Waals surface area contributed by atoms with Gasteiger partial charge >= 0.3 is 0 Å². The largest absolute Gasteiger partial charge is 0.392 e. The minimum absolute atomic E-state index is 0.194. The maximum atomic E-state index is 9.52. The molecule has 1 aliphatic heterocycles. The van der Waals surface area contributed by atoms with Crippen molar-refractivity contribution in [1.29, 1.82) is 0 Å². The summed E-state index contributed by atoms with van der Waals surface area (Å²) in [5.74, 6) is 0.446. The number of aliphatic hydroxyl groups is 1. The molecule has 0 unspecified atom stereocenters. The van der Waals surface area contributed by atoms with Crippen molar-refractivity contribution in [1.82, 2.24) is 29.7 Å². The van der Waals surface area contributed by atoms with E-state index in [1.165, 1.54) is 0 Å². The van der Waals surface area contributed by atoms with Gasteiger partial charge in [-0.1, -0.05) is 11.6 Å². The number of halogens is 1. The number of aromatic amines is 1. The van der Waals surface area contributed by atoms with Gasteiger partial charge in [-0.05, 0) is 19.1 Å². The molecular weight excluding hydrogens is 406 g/mol. The van der Waals surface area contributed by atoms with Crippen molar-refractivity contribution in [2.75, 3.05) is 25.1 Å². The van der Waals surface area contributed by atoms with Gasteiger partial charge in [-0.3, -0.25) is 4.68 Å². The lowest BCUT2D eigenvalue weighted by Gasteiger charge is -2.25. The van der Waals surface area contributed by atoms with Gasteiger partial charge in [0.25, 0.3) is 0 Å². The van der Waals surface area contributed by atoms with E-state index >= 15 is 0 Å². The number of ether oxygens (including phenoxy) is 1. The number of pyridine rings is 1. The van der Waals surface area contributed by atoms with Gasteiger partial charge in [0.15, 0.2) is 0 Å². The molecule has 1 saturated heterocycles. The van der Waals surface area contributed by atoms with Crippen LogP contribution in [0.4, 0.5) is 5.95 Å². The zero-order valence-electron chi connectivity index (χ0n) is 16.2. The summed E-state index contributed by atoms with van der Waals surface area (Å²) < 4.78 is 7.25. The average molecular weight is 426 g/mol. The Labute approximate surface area is 177 Å². The highest BCUT2D eigenvalue weighted by molar-refractivity contribution is 6.35. The monoisotopic (exact) mass is 425 g/mol. The van der Waals surface area contributed by atoms with Crippen LogP contribution in [0.5, 0.6) is 0 Å². The predicted octanol–water partition coefficient (Wildman–Crippen LogP) is 2.90. The van der Waals surface area contributed by atoms with Gasteiger partial charge in [0.2, 0.25) is 5.95 Å². The van der Waals surface area contributed by atoms with Gasteiger partial charge in [-0.25, -0.2) is 15.0 Å². The third kappa shape index (κ3) is 3.51. The third-order valence-electron chi connectivity index (χ3n) is 4.97. The number of nitrogens with zero attached hydrogens (tertiary/aromatic N) is 5. The first-order chi connectivity index (χ1) is 14.6. The Hall–Kier alpha value is -3.01. The van der Waals surface area contributed by atoms with Gasteiger partial charge in [0.05, 0.1) is 36.1 Å². The number of nitrogens with one attached hydrogen (secondary N) is 2. The Bertz CT molecular complexity index is 1200. The topological polar surface area (TPSA) is 114 Å². The van der Waals surface area contributed by atoms with Crippen LogP contribution in [0.25, 0.3) is 33.5 Å². The molecule has 9 nitrogen and oxygen atoms in total. The van der Waals surface area contributed by atoms with Gasteiger partial charge in [-0.15, -0.1) is 0 Å².